The highest BCUT2D eigenvalue weighted by atomic mass is 19.1. The number of hydrogen-bond acceptors (Lipinski definition) is 2. The predicted molar refractivity (Wildman–Crippen MR) is 60.4 cm³/mol. The lowest BCUT2D eigenvalue weighted by Crippen LogP contribution is -2.15. The summed E-state index contributed by atoms with van der Waals surface area (Å²) in [5.74, 6) is -1.25. The fraction of sp³-hybridized carbons (Fsp3) is 0.333. The van der Waals surface area contributed by atoms with E-state index in [0.29, 0.717) is 11.3 Å². The van der Waals surface area contributed by atoms with Crippen LogP contribution in [0, 0.1) is 12.7 Å². The molecule has 0 bridgehead atoms. The van der Waals surface area contributed by atoms with Crippen LogP contribution in [-0.4, -0.2) is 22.8 Å². The third-order valence-corrected chi connectivity index (χ3v) is 2.32. The number of carboxylic acid groups (broad SMARTS) is 1. The quantitative estimate of drug-likeness (QED) is 0.800. The number of carbonyl (C=O) groups is 1. The van der Waals surface area contributed by atoms with Crippen LogP contribution in [0.5, 0.6) is 0 Å². The summed E-state index contributed by atoms with van der Waals surface area (Å²) in [6.45, 7) is 4.88. The number of nitrogens with zero attached hydrogens (tertiary/aromatic N) is 1. The van der Waals surface area contributed by atoms with Gasteiger partial charge in [0.15, 0.2) is 0 Å². The van der Waals surface area contributed by atoms with E-state index in [4.69, 9.17) is 5.11 Å². The molecule has 1 unspecified atom stereocenters. The Morgan fingerprint density at radius 3 is 2.62 bits per heavy atom. The second-order valence-corrected chi connectivity index (χ2v) is 3.69. The molecule has 0 aromatic heterocycles. The summed E-state index contributed by atoms with van der Waals surface area (Å²) in [4.78, 5) is 14.6. The third-order valence-electron chi connectivity index (χ3n) is 2.32. The Labute approximate surface area is 93.6 Å². The average molecular weight is 223 g/mol. The van der Waals surface area contributed by atoms with Crippen molar-refractivity contribution in [2.45, 2.75) is 26.8 Å². The molecule has 0 aliphatic rings. The first-order valence-corrected chi connectivity index (χ1v) is 4.95. The van der Waals surface area contributed by atoms with Crippen molar-refractivity contribution < 1.29 is 14.3 Å². The van der Waals surface area contributed by atoms with Crippen LogP contribution in [0.3, 0.4) is 0 Å². The number of aliphatic carboxylic acids is 1. The highest BCUT2D eigenvalue weighted by molar-refractivity contribution is 6.00. The van der Waals surface area contributed by atoms with Gasteiger partial charge in [0.2, 0.25) is 0 Å². The largest absolute Gasteiger partial charge is 0.480 e. The molecule has 0 fully saturated rings. The van der Waals surface area contributed by atoms with Crippen molar-refractivity contribution in [1.29, 1.82) is 0 Å². The van der Waals surface area contributed by atoms with Gasteiger partial charge in [-0.15, -0.1) is 0 Å². The Morgan fingerprint density at radius 2 is 2.12 bits per heavy atom. The van der Waals surface area contributed by atoms with Crippen LogP contribution in [0.25, 0.3) is 0 Å². The summed E-state index contributed by atoms with van der Waals surface area (Å²) in [6.07, 6.45) is 0. The number of rotatable bonds is 3. The van der Waals surface area contributed by atoms with Gasteiger partial charge in [-0.2, -0.15) is 0 Å². The van der Waals surface area contributed by atoms with Gasteiger partial charge in [0.1, 0.15) is 11.9 Å². The minimum absolute atomic E-state index is 0.275. The number of aliphatic imine (C=N–C) groups is 1. The summed E-state index contributed by atoms with van der Waals surface area (Å²) >= 11 is 0. The van der Waals surface area contributed by atoms with Gasteiger partial charge >= 0.3 is 5.97 Å². The summed E-state index contributed by atoms with van der Waals surface area (Å²) in [5.41, 5.74) is 1.86. The number of benzene rings is 1. The van der Waals surface area contributed by atoms with Crippen LogP contribution in [0.1, 0.15) is 25.0 Å². The second kappa shape index (κ2) is 4.88. The molecule has 1 N–H and O–H groups in total. The van der Waals surface area contributed by atoms with Crippen LogP contribution in [0.2, 0.25) is 0 Å². The monoisotopic (exact) mass is 223 g/mol. The molecular weight excluding hydrogens is 209 g/mol. The molecule has 4 heteroatoms. The number of halogens is 1. The predicted octanol–water partition coefficient (Wildman–Crippen LogP) is 2.42. The highest BCUT2D eigenvalue weighted by Crippen LogP contribution is 2.10. The van der Waals surface area contributed by atoms with Gasteiger partial charge in [-0.05, 0) is 44.0 Å². The molecule has 86 valence electrons. The van der Waals surface area contributed by atoms with Crippen molar-refractivity contribution in [3.63, 3.8) is 0 Å². The van der Waals surface area contributed by atoms with E-state index in [1.165, 1.54) is 13.0 Å². The van der Waals surface area contributed by atoms with Crippen molar-refractivity contribution in [3.05, 3.63) is 35.1 Å². The molecule has 0 spiro atoms. The molecule has 3 nitrogen and oxygen atoms in total. The van der Waals surface area contributed by atoms with Crippen molar-refractivity contribution in [2.24, 2.45) is 4.99 Å². The van der Waals surface area contributed by atoms with Gasteiger partial charge in [0.05, 0.1) is 0 Å². The van der Waals surface area contributed by atoms with Crippen LogP contribution in [0.15, 0.2) is 23.2 Å². The highest BCUT2D eigenvalue weighted by Gasteiger charge is 2.09. The van der Waals surface area contributed by atoms with E-state index in [1.807, 2.05) is 0 Å². The molecule has 1 aromatic rings. The van der Waals surface area contributed by atoms with E-state index in [-0.39, 0.29) is 5.82 Å². The second-order valence-electron chi connectivity index (χ2n) is 3.69. The molecule has 1 atom stereocenters. The van der Waals surface area contributed by atoms with Crippen LogP contribution in [-0.2, 0) is 4.79 Å². The van der Waals surface area contributed by atoms with E-state index < -0.39 is 12.0 Å². The summed E-state index contributed by atoms with van der Waals surface area (Å²) < 4.78 is 13.0. The minimum Gasteiger partial charge on any atom is -0.480 e. The molecule has 1 rings (SSSR count). The molecule has 16 heavy (non-hydrogen) atoms. The molecular formula is C12H14FNO2. The molecule has 1 aromatic carbocycles. The van der Waals surface area contributed by atoms with Crippen LogP contribution in [0.4, 0.5) is 4.39 Å². The number of aryl methyl sites for hydroxylation is 1. The standard InChI is InChI=1S/C12H14FNO2/c1-7-6-10(4-5-11(7)13)8(2)14-9(3)12(15)16/h4-6,9H,1-3H3,(H,15,16). The Hall–Kier alpha value is -1.71. The zero-order valence-electron chi connectivity index (χ0n) is 9.49. The van der Waals surface area contributed by atoms with Crippen molar-refractivity contribution >= 4 is 11.7 Å². The van der Waals surface area contributed by atoms with E-state index in [9.17, 15) is 9.18 Å². The fourth-order valence-corrected chi connectivity index (χ4v) is 1.29. The zero-order valence-corrected chi connectivity index (χ0v) is 9.49. The Kier molecular flexibility index (Phi) is 3.77. The van der Waals surface area contributed by atoms with Gasteiger partial charge < -0.3 is 5.11 Å². The van der Waals surface area contributed by atoms with E-state index in [1.54, 1.807) is 26.0 Å². The van der Waals surface area contributed by atoms with Gasteiger partial charge in [-0.1, -0.05) is 6.07 Å². The maximum Gasteiger partial charge on any atom is 0.328 e. The normalized spacial score (nSPS) is 13.6. The lowest BCUT2D eigenvalue weighted by Gasteiger charge is -2.05. The van der Waals surface area contributed by atoms with Crippen molar-refractivity contribution in [2.75, 3.05) is 0 Å². The lowest BCUT2D eigenvalue weighted by atomic mass is 10.1. The molecule has 0 radical (unpaired) electrons. The van der Waals surface area contributed by atoms with Gasteiger partial charge in [-0.25, -0.2) is 9.18 Å². The third kappa shape index (κ3) is 2.89. The maximum atomic E-state index is 13.0. The van der Waals surface area contributed by atoms with Crippen molar-refractivity contribution in [1.82, 2.24) is 0 Å². The minimum atomic E-state index is -0.974. The van der Waals surface area contributed by atoms with Crippen LogP contribution >= 0.6 is 0 Å². The zero-order chi connectivity index (χ0) is 12.3. The summed E-state index contributed by atoms with van der Waals surface area (Å²) in [5, 5.41) is 8.71. The Balaban J connectivity index is 3.00. The number of carboxylic acids is 1. The molecule has 0 amide bonds. The van der Waals surface area contributed by atoms with Gasteiger partial charge in [-0.3, -0.25) is 4.99 Å². The van der Waals surface area contributed by atoms with Gasteiger partial charge in [0.25, 0.3) is 0 Å². The molecule has 0 aliphatic carbocycles. The first-order chi connectivity index (χ1) is 7.41. The van der Waals surface area contributed by atoms with E-state index in [0.717, 1.165) is 5.56 Å². The molecule has 0 heterocycles. The number of hydrogen-bond donors (Lipinski definition) is 1. The lowest BCUT2D eigenvalue weighted by molar-refractivity contribution is -0.137. The fourth-order valence-electron chi connectivity index (χ4n) is 1.29. The molecule has 0 saturated carbocycles. The SMILES string of the molecule is CC(=NC(C)C(=O)O)c1ccc(F)c(C)c1. The Morgan fingerprint density at radius 1 is 1.50 bits per heavy atom. The van der Waals surface area contributed by atoms with E-state index in [2.05, 4.69) is 4.99 Å². The van der Waals surface area contributed by atoms with E-state index >= 15 is 0 Å². The molecule has 0 aliphatic heterocycles. The Bertz CT molecular complexity index is 441. The first-order valence-electron chi connectivity index (χ1n) is 4.95. The summed E-state index contributed by atoms with van der Waals surface area (Å²) in [7, 11) is 0. The van der Waals surface area contributed by atoms with Crippen LogP contribution < -0.4 is 0 Å². The topological polar surface area (TPSA) is 49.7 Å². The molecule has 0 saturated heterocycles. The first kappa shape index (κ1) is 12.4. The van der Waals surface area contributed by atoms with Gasteiger partial charge in [0, 0.05) is 5.71 Å². The summed E-state index contributed by atoms with van der Waals surface area (Å²) in [6, 6.07) is 3.82. The maximum absolute atomic E-state index is 13.0. The van der Waals surface area contributed by atoms with Crippen molar-refractivity contribution in [3.8, 4) is 0 Å². The average Bonchev–Trinajstić information content (AvgIpc) is 2.21. The smallest absolute Gasteiger partial charge is 0.328 e.